The maximum absolute atomic E-state index is 13.6. The van der Waals surface area contributed by atoms with Crippen LogP contribution < -0.4 is 0 Å². The summed E-state index contributed by atoms with van der Waals surface area (Å²) in [5.74, 6) is -2.19. The molecular formula is C14H16FNO4. The van der Waals surface area contributed by atoms with E-state index in [-0.39, 0.29) is 26.1 Å². The molecule has 0 aliphatic carbocycles. The molecule has 6 heteroatoms. The van der Waals surface area contributed by atoms with Gasteiger partial charge in [0.25, 0.3) is 0 Å². The van der Waals surface area contributed by atoms with Crippen molar-refractivity contribution < 1.29 is 23.8 Å². The smallest absolute Gasteiger partial charge is 0.410 e. The molecule has 1 aromatic carbocycles. The van der Waals surface area contributed by atoms with E-state index >= 15 is 0 Å². The standard InChI is InChI=1S/C14H16FNO4/c15-12-8-16(7-6-11(12)13(17)18)14(19)20-9-10-4-2-1-3-5-10/h1-5,11-12H,6-9H2,(H,17,18)/t11-,12+/m0/s1. The maximum Gasteiger partial charge on any atom is 0.410 e. The highest BCUT2D eigenvalue weighted by atomic mass is 19.1. The van der Waals surface area contributed by atoms with Gasteiger partial charge in [0.05, 0.1) is 12.5 Å². The molecule has 1 amide bonds. The lowest BCUT2D eigenvalue weighted by Gasteiger charge is -2.31. The Morgan fingerprint density at radius 1 is 1.35 bits per heavy atom. The van der Waals surface area contributed by atoms with E-state index in [4.69, 9.17) is 9.84 Å². The second kappa shape index (κ2) is 6.36. The molecule has 0 spiro atoms. The molecule has 1 N–H and O–H groups in total. The molecule has 0 aromatic heterocycles. The molecule has 1 aliphatic rings. The Morgan fingerprint density at radius 2 is 2.05 bits per heavy atom. The zero-order chi connectivity index (χ0) is 14.5. The summed E-state index contributed by atoms with van der Waals surface area (Å²) in [4.78, 5) is 23.8. The molecule has 108 valence electrons. The van der Waals surface area contributed by atoms with Gasteiger partial charge in [-0.15, -0.1) is 0 Å². The Labute approximate surface area is 116 Å². The average Bonchev–Trinajstić information content (AvgIpc) is 2.45. The monoisotopic (exact) mass is 281 g/mol. The second-order valence-electron chi connectivity index (χ2n) is 4.74. The molecule has 2 rings (SSSR count). The number of carbonyl (C=O) groups excluding carboxylic acids is 1. The first-order chi connectivity index (χ1) is 9.58. The molecular weight excluding hydrogens is 265 g/mol. The fourth-order valence-electron chi connectivity index (χ4n) is 2.16. The van der Waals surface area contributed by atoms with Crippen molar-refractivity contribution >= 4 is 12.1 Å². The summed E-state index contributed by atoms with van der Waals surface area (Å²) >= 11 is 0. The van der Waals surface area contributed by atoms with Crippen LogP contribution >= 0.6 is 0 Å². The van der Waals surface area contributed by atoms with Crippen LogP contribution in [0.3, 0.4) is 0 Å². The summed E-state index contributed by atoms with van der Waals surface area (Å²) in [7, 11) is 0. The number of carboxylic acids is 1. The van der Waals surface area contributed by atoms with Gasteiger partial charge in [-0.25, -0.2) is 9.18 Å². The molecule has 0 bridgehead atoms. The van der Waals surface area contributed by atoms with E-state index in [1.165, 1.54) is 4.90 Å². The number of amides is 1. The molecule has 2 atom stereocenters. The van der Waals surface area contributed by atoms with Gasteiger partial charge in [-0.1, -0.05) is 30.3 Å². The van der Waals surface area contributed by atoms with Gasteiger partial charge in [0.2, 0.25) is 0 Å². The number of hydrogen-bond acceptors (Lipinski definition) is 3. The largest absolute Gasteiger partial charge is 0.481 e. The Morgan fingerprint density at radius 3 is 2.65 bits per heavy atom. The van der Waals surface area contributed by atoms with Gasteiger partial charge in [0.15, 0.2) is 0 Å². The third-order valence-electron chi connectivity index (χ3n) is 3.32. The van der Waals surface area contributed by atoms with Crippen molar-refractivity contribution in [3.05, 3.63) is 35.9 Å². The van der Waals surface area contributed by atoms with Gasteiger partial charge in [-0.05, 0) is 12.0 Å². The number of aliphatic carboxylic acids is 1. The van der Waals surface area contributed by atoms with Gasteiger partial charge >= 0.3 is 12.1 Å². The molecule has 1 aromatic rings. The second-order valence-corrected chi connectivity index (χ2v) is 4.74. The zero-order valence-corrected chi connectivity index (χ0v) is 10.9. The van der Waals surface area contributed by atoms with E-state index in [0.29, 0.717) is 0 Å². The third kappa shape index (κ3) is 3.46. The predicted octanol–water partition coefficient (Wildman–Crippen LogP) is 2.07. The molecule has 5 nitrogen and oxygen atoms in total. The quantitative estimate of drug-likeness (QED) is 0.921. The number of ether oxygens (including phenoxy) is 1. The number of carbonyl (C=O) groups is 2. The first-order valence-corrected chi connectivity index (χ1v) is 6.40. The highest BCUT2D eigenvalue weighted by molar-refractivity contribution is 5.72. The lowest BCUT2D eigenvalue weighted by Crippen LogP contribution is -2.47. The van der Waals surface area contributed by atoms with Crippen molar-refractivity contribution in [3.8, 4) is 0 Å². The average molecular weight is 281 g/mol. The number of hydrogen-bond donors (Lipinski definition) is 1. The summed E-state index contributed by atoms with van der Waals surface area (Å²) in [6, 6.07) is 9.16. The SMILES string of the molecule is O=C(O)[C@H]1CCN(C(=O)OCc2ccccc2)C[C@H]1F. The molecule has 0 saturated carbocycles. The topological polar surface area (TPSA) is 66.8 Å². The van der Waals surface area contributed by atoms with Crippen molar-refractivity contribution in [2.45, 2.75) is 19.2 Å². The van der Waals surface area contributed by atoms with E-state index in [1.54, 1.807) is 0 Å². The van der Waals surface area contributed by atoms with Crippen LogP contribution in [0.4, 0.5) is 9.18 Å². The number of alkyl halides is 1. The van der Waals surface area contributed by atoms with E-state index < -0.39 is 24.2 Å². The summed E-state index contributed by atoms with van der Waals surface area (Å²) < 4.78 is 18.7. The fraction of sp³-hybridized carbons (Fsp3) is 0.429. The summed E-state index contributed by atoms with van der Waals surface area (Å²) in [5.41, 5.74) is 0.845. The van der Waals surface area contributed by atoms with Crippen LogP contribution in [0.25, 0.3) is 0 Å². The minimum absolute atomic E-state index is 0.108. The van der Waals surface area contributed by atoms with Gasteiger partial charge in [-0.2, -0.15) is 0 Å². The van der Waals surface area contributed by atoms with Crippen molar-refractivity contribution in [2.75, 3.05) is 13.1 Å². The molecule has 1 heterocycles. The number of nitrogens with zero attached hydrogens (tertiary/aromatic N) is 1. The van der Waals surface area contributed by atoms with E-state index in [9.17, 15) is 14.0 Å². The Kier molecular flexibility index (Phi) is 4.55. The van der Waals surface area contributed by atoms with E-state index in [1.807, 2.05) is 30.3 Å². The van der Waals surface area contributed by atoms with Gasteiger partial charge in [-0.3, -0.25) is 4.79 Å². The lowest BCUT2D eigenvalue weighted by atomic mass is 9.95. The Hall–Kier alpha value is -2.11. The number of rotatable bonds is 3. The first-order valence-electron chi connectivity index (χ1n) is 6.40. The molecule has 1 saturated heterocycles. The Balaban J connectivity index is 1.84. The molecule has 1 fully saturated rings. The normalized spacial score (nSPS) is 22.4. The lowest BCUT2D eigenvalue weighted by molar-refractivity contribution is -0.146. The molecule has 0 radical (unpaired) electrons. The number of benzene rings is 1. The minimum Gasteiger partial charge on any atom is -0.481 e. The predicted molar refractivity (Wildman–Crippen MR) is 68.8 cm³/mol. The highest BCUT2D eigenvalue weighted by Crippen LogP contribution is 2.21. The van der Waals surface area contributed by atoms with E-state index in [0.717, 1.165) is 5.56 Å². The van der Waals surface area contributed by atoms with Crippen molar-refractivity contribution in [1.29, 1.82) is 0 Å². The zero-order valence-electron chi connectivity index (χ0n) is 10.9. The third-order valence-corrected chi connectivity index (χ3v) is 3.32. The summed E-state index contributed by atoms with van der Waals surface area (Å²) in [5, 5.41) is 8.81. The van der Waals surface area contributed by atoms with Gasteiger partial charge in [0.1, 0.15) is 12.8 Å². The number of piperidine rings is 1. The van der Waals surface area contributed by atoms with Crippen LogP contribution in [0.1, 0.15) is 12.0 Å². The fourth-order valence-corrected chi connectivity index (χ4v) is 2.16. The summed E-state index contributed by atoms with van der Waals surface area (Å²) in [6.07, 6.45) is -2.05. The van der Waals surface area contributed by atoms with Gasteiger partial charge < -0.3 is 14.7 Å². The molecule has 1 aliphatic heterocycles. The minimum atomic E-state index is -1.55. The van der Waals surface area contributed by atoms with Crippen molar-refractivity contribution in [3.63, 3.8) is 0 Å². The molecule has 0 unspecified atom stereocenters. The van der Waals surface area contributed by atoms with Gasteiger partial charge in [0, 0.05) is 6.54 Å². The van der Waals surface area contributed by atoms with Crippen LogP contribution in [0, 0.1) is 5.92 Å². The number of halogens is 1. The van der Waals surface area contributed by atoms with Crippen molar-refractivity contribution in [1.82, 2.24) is 4.90 Å². The summed E-state index contributed by atoms with van der Waals surface area (Å²) in [6.45, 7) is 0.0884. The van der Waals surface area contributed by atoms with Crippen LogP contribution in [0.2, 0.25) is 0 Å². The molecule has 20 heavy (non-hydrogen) atoms. The highest BCUT2D eigenvalue weighted by Gasteiger charge is 2.36. The van der Waals surface area contributed by atoms with E-state index in [2.05, 4.69) is 0 Å². The van der Waals surface area contributed by atoms with Crippen LogP contribution in [-0.2, 0) is 16.1 Å². The Bertz CT molecular complexity index is 479. The van der Waals surface area contributed by atoms with Crippen LogP contribution in [0.15, 0.2) is 30.3 Å². The maximum atomic E-state index is 13.6. The van der Waals surface area contributed by atoms with Crippen molar-refractivity contribution in [2.24, 2.45) is 5.92 Å². The van der Waals surface area contributed by atoms with Crippen LogP contribution in [-0.4, -0.2) is 41.3 Å². The number of carboxylic acid groups (broad SMARTS) is 1. The van der Waals surface area contributed by atoms with Crippen LogP contribution in [0.5, 0.6) is 0 Å². The number of likely N-dealkylation sites (tertiary alicyclic amines) is 1. The first kappa shape index (κ1) is 14.3.